The van der Waals surface area contributed by atoms with Crippen molar-refractivity contribution in [2.24, 2.45) is 0 Å². The third-order valence-electron chi connectivity index (χ3n) is 4.54. The normalized spacial score (nSPS) is 12.4. The quantitative estimate of drug-likeness (QED) is 0.563. The third-order valence-corrected chi connectivity index (χ3v) is 4.54. The van der Waals surface area contributed by atoms with Crippen molar-refractivity contribution in [2.75, 3.05) is 6.79 Å². The van der Waals surface area contributed by atoms with Gasteiger partial charge >= 0.3 is 0 Å². The lowest BCUT2D eigenvalue weighted by atomic mass is 10.1. The van der Waals surface area contributed by atoms with Gasteiger partial charge in [0.15, 0.2) is 11.5 Å². The fraction of sp³-hybridized carbons (Fsp3) is 0.0952. The van der Waals surface area contributed by atoms with Crippen LogP contribution >= 0.6 is 0 Å². The summed E-state index contributed by atoms with van der Waals surface area (Å²) in [6, 6.07) is 19.1. The van der Waals surface area contributed by atoms with Crippen LogP contribution in [0.2, 0.25) is 0 Å². The van der Waals surface area contributed by atoms with E-state index in [9.17, 15) is 4.79 Å². The zero-order chi connectivity index (χ0) is 18.2. The molecule has 132 valence electrons. The number of aromatic nitrogens is 3. The van der Waals surface area contributed by atoms with Crippen LogP contribution in [0.5, 0.6) is 11.5 Å². The van der Waals surface area contributed by atoms with Gasteiger partial charge in [-0.05, 0) is 35.9 Å². The first-order valence-corrected chi connectivity index (χ1v) is 8.59. The molecule has 0 atom stereocenters. The Balaban J connectivity index is 1.71. The molecule has 0 saturated heterocycles. The van der Waals surface area contributed by atoms with Gasteiger partial charge in [0.05, 0.1) is 6.54 Å². The lowest BCUT2D eigenvalue weighted by Crippen LogP contribution is -2.25. The SMILES string of the molecule is O=c1c2ncccc2c(-c2ccc3c(c2)OCO3)nn1Cc1ccccc1. The number of benzene rings is 2. The predicted molar refractivity (Wildman–Crippen MR) is 101 cm³/mol. The molecular weight excluding hydrogens is 342 g/mol. The van der Waals surface area contributed by atoms with Crippen LogP contribution in [0.25, 0.3) is 22.2 Å². The molecule has 0 unspecified atom stereocenters. The lowest BCUT2D eigenvalue weighted by molar-refractivity contribution is 0.174. The third kappa shape index (κ3) is 2.71. The van der Waals surface area contributed by atoms with Crippen LogP contribution in [0, 0.1) is 0 Å². The summed E-state index contributed by atoms with van der Waals surface area (Å²) < 4.78 is 12.3. The number of hydrogen-bond acceptors (Lipinski definition) is 5. The fourth-order valence-corrected chi connectivity index (χ4v) is 3.23. The molecule has 0 amide bonds. The highest BCUT2D eigenvalue weighted by atomic mass is 16.7. The van der Waals surface area contributed by atoms with Crippen molar-refractivity contribution in [3.8, 4) is 22.8 Å². The smallest absolute Gasteiger partial charge is 0.293 e. The van der Waals surface area contributed by atoms with Crippen molar-refractivity contribution in [3.63, 3.8) is 0 Å². The summed E-state index contributed by atoms with van der Waals surface area (Å²) in [6.07, 6.45) is 1.63. The summed E-state index contributed by atoms with van der Waals surface area (Å²) >= 11 is 0. The molecular formula is C21H15N3O3. The lowest BCUT2D eigenvalue weighted by Gasteiger charge is -2.11. The van der Waals surface area contributed by atoms with E-state index < -0.39 is 0 Å². The maximum absolute atomic E-state index is 12.9. The molecule has 0 radical (unpaired) electrons. The average Bonchev–Trinajstić information content (AvgIpc) is 3.19. The minimum atomic E-state index is -0.209. The monoisotopic (exact) mass is 357 g/mol. The van der Waals surface area contributed by atoms with E-state index in [1.165, 1.54) is 4.68 Å². The Labute approximate surface area is 154 Å². The Bertz CT molecular complexity index is 1200. The van der Waals surface area contributed by atoms with E-state index in [1.54, 1.807) is 6.20 Å². The van der Waals surface area contributed by atoms with E-state index in [0.29, 0.717) is 34.6 Å². The summed E-state index contributed by atoms with van der Waals surface area (Å²) in [6.45, 7) is 0.589. The van der Waals surface area contributed by atoms with E-state index in [4.69, 9.17) is 9.47 Å². The zero-order valence-corrected chi connectivity index (χ0v) is 14.3. The van der Waals surface area contributed by atoms with Gasteiger partial charge in [-0.3, -0.25) is 9.78 Å². The Morgan fingerprint density at radius 1 is 0.963 bits per heavy atom. The molecule has 2 aromatic heterocycles. The second-order valence-electron chi connectivity index (χ2n) is 6.26. The Morgan fingerprint density at radius 2 is 1.81 bits per heavy atom. The number of nitrogens with zero attached hydrogens (tertiary/aromatic N) is 3. The largest absolute Gasteiger partial charge is 0.454 e. The van der Waals surface area contributed by atoms with Crippen molar-refractivity contribution in [2.45, 2.75) is 6.54 Å². The van der Waals surface area contributed by atoms with Gasteiger partial charge < -0.3 is 9.47 Å². The van der Waals surface area contributed by atoms with Crippen molar-refractivity contribution < 1.29 is 9.47 Å². The van der Waals surface area contributed by atoms with Crippen LogP contribution in [-0.2, 0) is 6.54 Å². The van der Waals surface area contributed by atoms with Gasteiger partial charge in [-0.25, -0.2) is 4.68 Å². The maximum Gasteiger partial charge on any atom is 0.293 e. The highest BCUT2D eigenvalue weighted by Crippen LogP contribution is 2.36. The van der Waals surface area contributed by atoms with Crippen molar-refractivity contribution >= 4 is 10.9 Å². The Kier molecular flexibility index (Phi) is 3.60. The van der Waals surface area contributed by atoms with E-state index in [1.807, 2.05) is 60.7 Å². The van der Waals surface area contributed by atoms with Gasteiger partial charge in [0, 0.05) is 17.1 Å². The second kappa shape index (κ2) is 6.25. The molecule has 6 nitrogen and oxygen atoms in total. The summed E-state index contributed by atoms with van der Waals surface area (Å²) in [5, 5.41) is 5.37. The second-order valence-corrected chi connectivity index (χ2v) is 6.26. The first-order chi connectivity index (χ1) is 13.3. The standard InChI is InChI=1S/C21H15N3O3/c25-21-20-16(7-4-10-22-20)19(15-8-9-17-18(11-15)27-13-26-17)23-24(21)12-14-5-2-1-3-6-14/h1-11H,12-13H2. The topological polar surface area (TPSA) is 66.2 Å². The van der Waals surface area contributed by atoms with E-state index in [0.717, 1.165) is 11.1 Å². The number of pyridine rings is 1. The number of rotatable bonds is 3. The average molecular weight is 357 g/mol. The molecule has 2 aromatic carbocycles. The molecule has 0 spiro atoms. The molecule has 1 aliphatic heterocycles. The highest BCUT2D eigenvalue weighted by Gasteiger charge is 2.18. The first-order valence-electron chi connectivity index (χ1n) is 8.59. The molecule has 0 N–H and O–H groups in total. The Morgan fingerprint density at radius 3 is 2.70 bits per heavy atom. The van der Waals surface area contributed by atoms with Crippen LogP contribution < -0.4 is 15.0 Å². The van der Waals surface area contributed by atoms with Crippen LogP contribution in [-0.4, -0.2) is 21.6 Å². The van der Waals surface area contributed by atoms with Crippen molar-refractivity contribution in [1.82, 2.24) is 14.8 Å². The van der Waals surface area contributed by atoms with E-state index >= 15 is 0 Å². The molecule has 27 heavy (non-hydrogen) atoms. The number of fused-ring (bicyclic) bond motifs is 2. The van der Waals surface area contributed by atoms with Gasteiger partial charge in [0.1, 0.15) is 11.2 Å². The van der Waals surface area contributed by atoms with Crippen LogP contribution in [0.3, 0.4) is 0 Å². The minimum absolute atomic E-state index is 0.209. The molecule has 5 rings (SSSR count). The summed E-state index contributed by atoms with van der Waals surface area (Å²) in [7, 11) is 0. The predicted octanol–water partition coefficient (Wildman–Crippen LogP) is 3.24. The maximum atomic E-state index is 12.9. The van der Waals surface area contributed by atoms with Crippen molar-refractivity contribution in [3.05, 3.63) is 82.8 Å². The minimum Gasteiger partial charge on any atom is -0.454 e. The summed E-state index contributed by atoms with van der Waals surface area (Å²) in [4.78, 5) is 17.2. The molecule has 0 saturated carbocycles. The molecule has 3 heterocycles. The van der Waals surface area contributed by atoms with Gasteiger partial charge in [0.2, 0.25) is 6.79 Å². The zero-order valence-electron chi connectivity index (χ0n) is 14.3. The van der Waals surface area contributed by atoms with Crippen LogP contribution in [0.15, 0.2) is 71.7 Å². The number of hydrogen-bond donors (Lipinski definition) is 0. The molecule has 0 fully saturated rings. The fourth-order valence-electron chi connectivity index (χ4n) is 3.23. The van der Waals surface area contributed by atoms with E-state index in [-0.39, 0.29) is 12.4 Å². The molecule has 6 heteroatoms. The van der Waals surface area contributed by atoms with Gasteiger partial charge in [0.25, 0.3) is 5.56 Å². The van der Waals surface area contributed by atoms with Crippen LogP contribution in [0.1, 0.15) is 5.56 Å². The highest BCUT2D eigenvalue weighted by molar-refractivity contribution is 5.91. The summed E-state index contributed by atoms with van der Waals surface area (Å²) in [5.74, 6) is 1.38. The van der Waals surface area contributed by atoms with Gasteiger partial charge in [-0.15, -0.1) is 0 Å². The summed E-state index contributed by atoms with van der Waals surface area (Å²) in [5.41, 5.74) is 2.72. The van der Waals surface area contributed by atoms with Gasteiger partial charge in [-0.2, -0.15) is 5.10 Å². The van der Waals surface area contributed by atoms with E-state index in [2.05, 4.69) is 10.1 Å². The molecule has 0 aliphatic carbocycles. The Hall–Kier alpha value is -3.67. The van der Waals surface area contributed by atoms with Gasteiger partial charge in [-0.1, -0.05) is 30.3 Å². The van der Waals surface area contributed by atoms with Crippen LogP contribution in [0.4, 0.5) is 0 Å². The first kappa shape index (κ1) is 15.6. The molecule has 0 bridgehead atoms. The van der Waals surface area contributed by atoms with Crippen molar-refractivity contribution in [1.29, 1.82) is 0 Å². The number of ether oxygens (including phenoxy) is 2. The molecule has 1 aliphatic rings. The molecule has 4 aromatic rings.